The summed E-state index contributed by atoms with van der Waals surface area (Å²) >= 11 is 0. The minimum absolute atomic E-state index is 0.567. The van der Waals surface area contributed by atoms with Crippen LogP contribution in [0.25, 0.3) is 10.9 Å². The average Bonchev–Trinajstić information content (AvgIpc) is 2.85. The predicted octanol–water partition coefficient (Wildman–Crippen LogP) is 2.38. The van der Waals surface area contributed by atoms with Crippen molar-refractivity contribution in [2.75, 3.05) is 13.2 Å². The summed E-state index contributed by atoms with van der Waals surface area (Å²) in [7, 11) is 0. The van der Waals surface area contributed by atoms with Crippen LogP contribution in [-0.2, 0) is 4.74 Å². The molecule has 2 heterocycles. The highest BCUT2D eigenvalue weighted by molar-refractivity contribution is 5.79. The van der Waals surface area contributed by atoms with E-state index in [-0.39, 0.29) is 0 Å². The normalized spacial score (nSPS) is 21.3. The Labute approximate surface area is 88.4 Å². The van der Waals surface area contributed by atoms with Crippen LogP contribution in [0.2, 0.25) is 0 Å². The zero-order valence-corrected chi connectivity index (χ0v) is 8.79. The van der Waals surface area contributed by atoms with E-state index in [1.165, 1.54) is 16.5 Å². The van der Waals surface area contributed by atoms with Gasteiger partial charge in [0.15, 0.2) is 0 Å². The van der Waals surface area contributed by atoms with Gasteiger partial charge in [-0.1, -0.05) is 0 Å². The Hall–Kier alpha value is -1.35. The van der Waals surface area contributed by atoms with Crippen LogP contribution in [0.15, 0.2) is 18.3 Å². The second-order valence-corrected chi connectivity index (χ2v) is 4.23. The topological polar surface area (TPSA) is 37.9 Å². The Morgan fingerprint density at radius 3 is 3.20 bits per heavy atom. The van der Waals surface area contributed by atoms with Gasteiger partial charge in [0, 0.05) is 17.9 Å². The number of H-pyrrole nitrogens is 1. The van der Waals surface area contributed by atoms with Gasteiger partial charge in [0.1, 0.15) is 0 Å². The van der Waals surface area contributed by atoms with Crippen molar-refractivity contribution in [3.63, 3.8) is 0 Å². The Balaban J connectivity index is 2.11. The van der Waals surface area contributed by atoms with E-state index in [0.717, 1.165) is 25.2 Å². The first-order valence-corrected chi connectivity index (χ1v) is 5.36. The number of hydrogen-bond acceptors (Lipinski definition) is 2. The van der Waals surface area contributed by atoms with Gasteiger partial charge >= 0.3 is 0 Å². The molecule has 1 aromatic heterocycles. The summed E-state index contributed by atoms with van der Waals surface area (Å²) in [4.78, 5) is 0. The fourth-order valence-corrected chi connectivity index (χ4v) is 2.34. The van der Waals surface area contributed by atoms with Gasteiger partial charge in [-0.15, -0.1) is 0 Å². The second kappa shape index (κ2) is 3.35. The van der Waals surface area contributed by atoms with E-state index in [2.05, 4.69) is 29.3 Å². The number of aromatic amines is 1. The first-order chi connectivity index (χ1) is 7.34. The number of rotatable bonds is 1. The average molecular weight is 202 g/mol. The SMILES string of the molecule is Cc1cc2cn[nH]c2cc1C1CCOC1. The van der Waals surface area contributed by atoms with Gasteiger partial charge in [0.2, 0.25) is 0 Å². The van der Waals surface area contributed by atoms with Gasteiger partial charge in [-0.25, -0.2) is 0 Å². The molecule has 1 aliphatic rings. The van der Waals surface area contributed by atoms with E-state index in [9.17, 15) is 0 Å². The molecule has 0 amide bonds. The van der Waals surface area contributed by atoms with Crippen LogP contribution in [0, 0.1) is 6.92 Å². The van der Waals surface area contributed by atoms with Crippen molar-refractivity contribution in [1.82, 2.24) is 10.2 Å². The lowest BCUT2D eigenvalue weighted by Crippen LogP contribution is -2.00. The van der Waals surface area contributed by atoms with Crippen molar-refractivity contribution in [1.29, 1.82) is 0 Å². The van der Waals surface area contributed by atoms with Crippen LogP contribution in [0.3, 0.4) is 0 Å². The molecule has 3 nitrogen and oxygen atoms in total. The van der Waals surface area contributed by atoms with E-state index >= 15 is 0 Å². The summed E-state index contributed by atoms with van der Waals surface area (Å²) in [5.41, 5.74) is 3.88. The van der Waals surface area contributed by atoms with Crippen LogP contribution in [0.4, 0.5) is 0 Å². The molecule has 0 radical (unpaired) electrons. The molecule has 78 valence electrons. The molecule has 1 N–H and O–H groups in total. The lowest BCUT2D eigenvalue weighted by molar-refractivity contribution is 0.194. The van der Waals surface area contributed by atoms with E-state index in [1.54, 1.807) is 0 Å². The first kappa shape index (κ1) is 8.92. The maximum Gasteiger partial charge on any atom is 0.0653 e. The van der Waals surface area contributed by atoms with Crippen LogP contribution < -0.4 is 0 Å². The van der Waals surface area contributed by atoms with Gasteiger partial charge in [-0.05, 0) is 36.6 Å². The van der Waals surface area contributed by atoms with Crippen molar-refractivity contribution in [2.45, 2.75) is 19.3 Å². The molecule has 2 aromatic rings. The van der Waals surface area contributed by atoms with Crippen molar-refractivity contribution >= 4 is 10.9 Å². The fraction of sp³-hybridized carbons (Fsp3) is 0.417. The number of ether oxygens (including phenoxy) is 1. The van der Waals surface area contributed by atoms with Gasteiger partial charge < -0.3 is 4.74 Å². The molecule has 1 aromatic carbocycles. The number of fused-ring (bicyclic) bond motifs is 1. The summed E-state index contributed by atoms with van der Waals surface area (Å²) in [6.07, 6.45) is 3.01. The van der Waals surface area contributed by atoms with Crippen LogP contribution in [0.1, 0.15) is 23.5 Å². The highest BCUT2D eigenvalue weighted by Crippen LogP contribution is 2.30. The number of nitrogens with one attached hydrogen (secondary N) is 1. The fourth-order valence-electron chi connectivity index (χ4n) is 2.34. The molecule has 0 spiro atoms. The number of nitrogens with zero attached hydrogens (tertiary/aromatic N) is 1. The van der Waals surface area contributed by atoms with E-state index in [4.69, 9.17) is 4.74 Å². The molecule has 1 aliphatic heterocycles. The molecule has 1 saturated heterocycles. The minimum atomic E-state index is 0.567. The van der Waals surface area contributed by atoms with E-state index in [0.29, 0.717) is 5.92 Å². The zero-order chi connectivity index (χ0) is 10.3. The molecule has 1 fully saturated rings. The summed E-state index contributed by atoms with van der Waals surface area (Å²) in [6, 6.07) is 4.42. The van der Waals surface area contributed by atoms with Crippen molar-refractivity contribution in [3.05, 3.63) is 29.5 Å². The number of aryl methyl sites for hydroxylation is 1. The number of hydrogen-bond donors (Lipinski definition) is 1. The Morgan fingerprint density at radius 2 is 2.40 bits per heavy atom. The molecule has 1 atom stereocenters. The molecule has 1 unspecified atom stereocenters. The Morgan fingerprint density at radius 1 is 1.47 bits per heavy atom. The van der Waals surface area contributed by atoms with Crippen molar-refractivity contribution in [3.8, 4) is 0 Å². The van der Waals surface area contributed by atoms with Crippen LogP contribution in [-0.4, -0.2) is 23.4 Å². The van der Waals surface area contributed by atoms with Crippen LogP contribution in [0.5, 0.6) is 0 Å². The van der Waals surface area contributed by atoms with E-state index in [1.807, 2.05) is 6.20 Å². The Bertz CT molecular complexity index is 483. The molecule has 0 aliphatic carbocycles. The molecule has 0 saturated carbocycles. The van der Waals surface area contributed by atoms with Crippen molar-refractivity contribution in [2.24, 2.45) is 0 Å². The summed E-state index contributed by atoms with van der Waals surface area (Å²) < 4.78 is 5.43. The summed E-state index contributed by atoms with van der Waals surface area (Å²) in [5.74, 6) is 0.567. The number of benzene rings is 1. The molecule has 3 rings (SSSR count). The van der Waals surface area contributed by atoms with Crippen molar-refractivity contribution < 1.29 is 4.74 Å². The van der Waals surface area contributed by atoms with Gasteiger partial charge in [-0.2, -0.15) is 5.10 Å². The van der Waals surface area contributed by atoms with E-state index < -0.39 is 0 Å². The molecular weight excluding hydrogens is 188 g/mol. The van der Waals surface area contributed by atoms with Gasteiger partial charge in [0.25, 0.3) is 0 Å². The third-order valence-electron chi connectivity index (χ3n) is 3.20. The third kappa shape index (κ3) is 1.43. The maximum atomic E-state index is 5.43. The summed E-state index contributed by atoms with van der Waals surface area (Å²) in [6.45, 7) is 3.92. The lowest BCUT2D eigenvalue weighted by atomic mass is 9.93. The van der Waals surface area contributed by atoms with Gasteiger partial charge in [0.05, 0.1) is 18.3 Å². The van der Waals surface area contributed by atoms with Crippen LogP contribution >= 0.6 is 0 Å². The quantitative estimate of drug-likeness (QED) is 0.771. The molecule has 0 bridgehead atoms. The number of aromatic nitrogens is 2. The molecule has 3 heteroatoms. The highest BCUT2D eigenvalue weighted by Gasteiger charge is 2.19. The lowest BCUT2D eigenvalue weighted by Gasteiger charge is -2.11. The minimum Gasteiger partial charge on any atom is -0.381 e. The monoisotopic (exact) mass is 202 g/mol. The Kier molecular flexibility index (Phi) is 1.99. The first-order valence-electron chi connectivity index (χ1n) is 5.36. The third-order valence-corrected chi connectivity index (χ3v) is 3.20. The smallest absolute Gasteiger partial charge is 0.0653 e. The molecular formula is C12H14N2O. The largest absolute Gasteiger partial charge is 0.381 e. The predicted molar refractivity (Wildman–Crippen MR) is 59.0 cm³/mol. The van der Waals surface area contributed by atoms with Gasteiger partial charge in [-0.3, -0.25) is 5.10 Å². The molecule has 15 heavy (non-hydrogen) atoms. The second-order valence-electron chi connectivity index (χ2n) is 4.23. The summed E-state index contributed by atoms with van der Waals surface area (Å²) in [5, 5.41) is 8.26. The highest BCUT2D eigenvalue weighted by atomic mass is 16.5. The maximum absolute atomic E-state index is 5.43. The standard InChI is InChI=1S/C12H14N2O/c1-8-4-10-6-13-14-12(10)5-11(8)9-2-3-15-7-9/h4-6,9H,2-3,7H2,1H3,(H,13,14). The zero-order valence-electron chi connectivity index (χ0n) is 8.79.